The van der Waals surface area contributed by atoms with E-state index in [1.54, 1.807) is 29.3 Å². The standard InChI is InChI=1S/C9H9N3S2/c10-6-7-3-4-11-12-9(7)14-8-2-1-5-13-8/h1-5H,6,10H2. The first kappa shape index (κ1) is 9.64. The van der Waals surface area contributed by atoms with Crippen molar-refractivity contribution in [3.63, 3.8) is 0 Å². The van der Waals surface area contributed by atoms with Crippen LogP contribution < -0.4 is 5.73 Å². The highest BCUT2D eigenvalue weighted by Crippen LogP contribution is 2.31. The highest BCUT2D eigenvalue weighted by Gasteiger charge is 2.05. The fourth-order valence-corrected chi connectivity index (χ4v) is 2.75. The van der Waals surface area contributed by atoms with Crippen LogP contribution in [0.5, 0.6) is 0 Å². The van der Waals surface area contributed by atoms with E-state index in [2.05, 4.69) is 16.3 Å². The average molecular weight is 223 g/mol. The maximum absolute atomic E-state index is 5.60. The Morgan fingerprint density at radius 1 is 1.43 bits per heavy atom. The van der Waals surface area contributed by atoms with Gasteiger partial charge in [-0.15, -0.1) is 16.4 Å². The quantitative estimate of drug-likeness (QED) is 0.866. The summed E-state index contributed by atoms with van der Waals surface area (Å²) >= 11 is 3.30. The molecule has 0 radical (unpaired) electrons. The minimum atomic E-state index is 0.503. The number of hydrogen-bond donors (Lipinski definition) is 1. The van der Waals surface area contributed by atoms with Crippen molar-refractivity contribution in [1.29, 1.82) is 0 Å². The van der Waals surface area contributed by atoms with Crippen LogP contribution in [0.4, 0.5) is 0 Å². The second-order valence-electron chi connectivity index (χ2n) is 2.60. The van der Waals surface area contributed by atoms with Gasteiger partial charge in [0.15, 0.2) is 0 Å². The molecule has 0 spiro atoms. The molecule has 2 aromatic heterocycles. The molecule has 0 atom stereocenters. The third-order valence-corrected chi connectivity index (χ3v) is 3.75. The predicted molar refractivity (Wildman–Crippen MR) is 58.4 cm³/mol. The number of thiophene rings is 1. The van der Waals surface area contributed by atoms with Crippen molar-refractivity contribution in [2.24, 2.45) is 5.73 Å². The van der Waals surface area contributed by atoms with E-state index in [1.807, 2.05) is 17.5 Å². The second-order valence-corrected chi connectivity index (χ2v) is 4.84. The highest BCUT2D eigenvalue weighted by atomic mass is 32.2. The smallest absolute Gasteiger partial charge is 0.129 e. The summed E-state index contributed by atoms with van der Waals surface area (Å²) in [6, 6.07) is 5.98. The van der Waals surface area contributed by atoms with Crippen molar-refractivity contribution in [3.8, 4) is 0 Å². The van der Waals surface area contributed by atoms with Gasteiger partial charge in [-0.1, -0.05) is 17.8 Å². The first-order valence-electron chi connectivity index (χ1n) is 4.12. The number of nitrogens with two attached hydrogens (primary N) is 1. The summed E-state index contributed by atoms with van der Waals surface area (Å²) in [6.45, 7) is 0.503. The lowest BCUT2D eigenvalue weighted by Gasteiger charge is -2.02. The predicted octanol–water partition coefficient (Wildman–Crippen LogP) is 2.15. The first-order chi connectivity index (χ1) is 6.90. The molecule has 0 bridgehead atoms. The molecule has 14 heavy (non-hydrogen) atoms. The molecule has 72 valence electrons. The number of aromatic nitrogens is 2. The molecule has 0 saturated carbocycles. The fourth-order valence-electron chi connectivity index (χ4n) is 1.00. The van der Waals surface area contributed by atoms with Gasteiger partial charge in [0, 0.05) is 18.3 Å². The monoisotopic (exact) mass is 223 g/mol. The van der Waals surface area contributed by atoms with Crippen LogP contribution in [0, 0.1) is 0 Å². The maximum atomic E-state index is 5.60. The molecule has 0 aliphatic carbocycles. The molecule has 0 amide bonds. The van der Waals surface area contributed by atoms with Gasteiger partial charge in [-0.3, -0.25) is 0 Å². The van der Waals surface area contributed by atoms with E-state index in [0.29, 0.717) is 6.54 Å². The summed E-state index contributed by atoms with van der Waals surface area (Å²) in [5.74, 6) is 0. The molecule has 2 rings (SSSR count). The van der Waals surface area contributed by atoms with Crippen molar-refractivity contribution < 1.29 is 0 Å². The van der Waals surface area contributed by atoms with E-state index < -0.39 is 0 Å². The van der Waals surface area contributed by atoms with E-state index in [9.17, 15) is 0 Å². The lowest BCUT2D eigenvalue weighted by Crippen LogP contribution is -2.00. The summed E-state index contributed by atoms with van der Waals surface area (Å²) in [7, 11) is 0. The van der Waals surface area contributed by atoms with Gasteiger partial charge in [0.1, 0.15) is 5.03 Å². The summed E-state index contributed by atoms with van der Waals surface area (Å²) in [5, 5.41) is 10.9. The van der Waals surface area contributed by atoms with Gasteiger partial charge in [0.2, 0.25) is 0 Å². The number of hydrogen-bond acceptors (Lipinski definition) is 5. The lowest BCUT2D eigenvalue weighted by atomic mass is 10.3. The van der Waals surface area contributed by atoms with Crippen LogP contribution in [-0.2, 0) is 6.54 Å². The molecule has 0 aliphatic rings. The SMILES string of the molecule is NCc1ccnnc1Sc1cccs1. The van der Waals surface area contributed by atoms with Crippen molar-refractivity contribution >= 4 is 23.1 Å². The molecular weight excluding hydrogens is 214 g/mol. The molecule has 2 aromatic rings. The Hall–Kier alpha value is -0.910. The van der Waals surface area contributed by atoms with Crippen molar-refractivity contribution in [3.05, 3.63) is 35.3 Å². The Bertz CT molecular complexity index is 400. The summed E-state index contributed by atoms with van der Waals surface area (Å²) in [5.41, 5.74) is 6.64. The van der Waals surface area contributed by atoms with Gasteiger partial charge >= 0.3 is 0 Å². The molecule has 0 aromatic carbocycles. The van der Waals surface area contributed by atoms with Crippen LogP contribution in [0.1, 0.15) is 5.56 Å². The summed E-state index contributed by atoms with van der Waals surface area (Å²) in [6.07, 6.45) is 1.67. The van der Waals surface area contributed by atoms with Crippen molar-refractivity contribution in [2.75, 3.05) is 0 Å². The Morgan fingerprint density at radius 2 is 2.36 bits per heavy atom. The van der Waals surface area contributed by atoms with E-state index in [1.165, 1.54) is 4.21 Å². The molecule has 0 aliphatic heterocycles. The van der Waals surface area contributed by atoms with E-state index in [4.69, 9.17) is 5.73 Å². The molecular formula is C9H9N3S2. The van der Waals surface area contributed by atoms with Gasteiger partial charge < -0.3 is 5.73 Å². The Balaban J connectivity index is 2.24. The topological polar surface area (TPSA) is 51.8 Å². The zero-order valence-corrected chi connectivity index (χ0v) is 9.02. The van der Waals surface area contributed by atoms with Crippen LogP contribution in [-0.4, -0.2) is 10.2 Å². The van der Waals surface area contributed by atoms with Crippen LogP contribution >= 0.6 is 23.1 Å². The largest absolute Gasteiger partial charge is 0.326 e. The Kier molecular flexibility index (Phi) is 3.13. The van der Waals surface area contributed by atoms with Gasteiger partial charge in [0.25, 0.3) is 0 Å². The molecule has 3 nitrogen and oxygen atoms in total. The number of nitrogens with zero attached hydrogens (tertiary/aromatic N) is 2. The zero-order chi connectivity index (χ0) is 9.80. The molecule has 5 heteroatoms. The average Bonchev–Trinajstić information content (AvgIpc) is 2.71. The fraction of sp³-hybridized carbons (Fsp3) is 0.111. The minimum absolute atomic E-state index is 0.503. The minimum Gasteiger partial charge on any atom is -0.326 e. The van der Waals surface area contributed by atoms with E-state index in [-0.39, 0.29) is 0 Å². The first-order valence-corrected chi connectivity index (χ1v) is 5.82. The highest BCUT2D eigenvalue weighted by molar-refractivity contribution is 8.01. The summed E-state index contributed by atoms with van der Waals surface area (Å²) < 4.78 is 1.21. The van der Waals surface area contributed by atoms with E-state index in [0.717, 1.165) is 10.6 Å². The Morgan fingerprint density at radius 3 is 3.07 bits per heavy atom. The zero-order valence-electron chi connectivity index (χ0n) is 7.38. The second kappa shape index (κ2) is 4.54. The molecule has 0 saturated heterocycles. The summed E-state index contributed by atoms with van der Waals surface area (Å²) in [4.78, 5) is 0. The van der Waals surface area contributed by atoms with Crippen molar-refractivity contribution in [2.45, 2.75) is 15.8 Å². The maximum Gasteiger partial charge on any atom is 0.129 e. The van der Waals surface area contributed by atoms with Crippen LogP contribution in [0.2, 0.25) is 0 Å². The Labute approximate surface area is 90.4 Å². The third-order valence-electron chi connectivity index (χ3n) is 1.68. The van der Waals surface area contributed by atoms with Gasteiger partial charge in [-0.05, 0) is 17.5 Å². The number of rotatable bonds is 3. The van der Waals surface area contributed by atoms with Crippen LogP contribution in [0.3, 0.4) is 0 Å². The molecule has 0 unspecified atom stereocenters. The van der Waals surface area contributed by atoms with Crippen molar-refractivity contribution in [1.82, 2.24) is 10.2 Å². The van der Waals surface area contributed by atoms with Crippen LogP contribution in [0.15, 0.2) is 39.0 Å². The third kappa shape index (κ3) is 2.12. The molecule has 0 fully saturated rings. The molecule has 2 heterocycles. The van der Waals surface area contributed by atoms with Gasteiger partial charge in [0.05, 0.1) is 4.21 Å². The normalized spacial score (nSPS) is 10.4. The van der Waals surface area contributed by atoms with Gasteiger partial charge in [-0.2, -0.15) is 5.10 Å². The van der Waals surface area contributed by atoms with Crippen LogP contribution in [0.25, 0.3) is 0 Å². The van der Waals surface area contributed by atoms with Gasteiger partial charge in [-0.25, -0.2) is 0 Å². The lowest BCUT2D eigenvalue weighted by molar-refractivity contribution is 0.867. The molecule has 2 N–H and O–H groups in total. The van der Waals surface area contributed by atoms with E-state index >= 15 is 0 Å².